The van der Waals surface area contributed by atoms with Crippen molar-refractivity contribution in [2.24, 2.45) is 5.92 Å². The predicted molar refractivity (Wildman–Crippen MR) is 141 cm³/mol. The van der Waals surface area contributed by atoms with Gasteiger partial charge >= 0.3 is 12.2 Å². The second kappa shape index (κ2) is 11.8. The molecule has 1 saturated heterocycles. The Bertz CT molecular complexity index is 1150. The van der Waals surface area contributed by atoms with Gasteiger partial charge in [-0.2, -0.15) is 13.2 Å². The molecule has 3 amide bonds. The summed E-state index contributed by atoms with van der Waals surface area (Å²) in [5.41, 5.74) is -2.74. The van der Waals surface area contributed by atoms with Crippen LogP contribution in [0.25, 0.3) is 0 Å². The van der Waals surface area contributed by atoms with Crippen molar-refractivity contribution in [3.63, 3.8) is 0 Å². The van der Waals surface area contributed by atoms with Crippen molar-refractivity contribution in [2.75, 3.05) is 25.0 Å². The third-order valence-electron chi connectivity index (χ3n) is 6.29. The smallest absolute Gasteiger partial charge is 0.416 e. The largest absolute Gasteiger partial charge is 0.457 e. The average molecular weight is 552 g/mol. The van der Waals surface area contributed by atoms with Gasteiger partial charge in [-0.15, -0.1) is 0 Å². The molecular formula is C28H36F3N3O5. The standard InChI is InChI=1S/C28H36F3N3O5/c1-18(2)16-27(38)9-11-34(12-10-27)25(36)33-21-13-20(28(29,30)31)14-23(15-21)39-22-7-5-19(6-8-22)24(35)32-17-26(3,4)37/h5-8,13-15,18,37-38H,9-12,16-17H2,1-4H3,(H,32,35)(H,33,36). The fourth-order valence-electron chi connectivity index (χ4n) is 4.40. The highest BCUT2D eigenvalue weighted by atomic mass is 19.4. The Morgan fingerprint density at radius 3 is 2.21 bits per heavy atom. The lowest BCUT2D eigenvalue weighted by Gasteiger charge is -2.39. The highest BCUT2D eigenvalue weighted by Gasteiger charge is 2.35. The fourth-order valence-corrected chi connectivity index (χ4v) is 4.40. The molecule has 0 saturated carbocycles. The minimum atomic E-state index is -4.68. The Hall–Kier alpha value is -3.31. The van der Waals surface area contributed by atoms with Gasteiger partial charge < -0.3 is 30.5 Å². The summed E-state index contributed by atoms with van der Waals surface area (Å²) in [6.07, 6.45) is -3.29. The van der Waals surface area contributed by atoms with Gasteiger partial charge in [0, 0.05) is 37.0 Å². The zero-order valence-corrected chi connectivity index (χ0v) is 22.6. The van der Waals surface area contributed by atoms with Gasteiger partial charge in [0.15, 0.2) is 0 Å². The Morgan fingerprint density at radius 2 is 1.67 bits per heavy atom. The second-order valence-corrected chi connectivity index (χ2v) is 11.1. The van der Waals surface area contributed by atoms with E-state index in [1.54, 1.807) is 13.8 Å². The number of urea groups is 1. The zero-order valence-electron chi connectivity index (χ0n) is 22.6. The number of halogens is 3. The lowest BCUT2D eigenvalue weighted by molar-refractivity contribution is -0.137. The van der Waals surface area contributed by atoms with Crippen LogP contribution >= 0.6 is 0 Å². The summed E-state index contributed by atoms with van der Waals surface area (Å²) in [5.74, 6) is -0.0885. The molecule has 0 bridgehead atoms. The molecule has 0 radical (unpaired) electrons. The van der Waals surface area contributed by atoms with E-state index < -0.39 is 34.9 Å². The van der Waals surface area contributed by atoms with Crippen LogP contribution in [-0.2, 0) is 6.18 Å². The van der Waals surface area contributed by atoms with E-state index in [0.29, 0.717) is 25.2 Å². The van der Waals surface area contributed by atoms with Gasteiger partial charge in [-0.05, 0) is 75.4 Å². The van der Waals surface area contributed by atoms with Crippen LogP contribution < -0.4 is 15.4 Å². The van der Waals surface area contributed by atoms with E-state index in [4.69, 9.17) is 4.74 Å². The molecule has 1 fully saturated rings. The first-order chi connectivity index (χ1) is 18.0. The van der Waals surface area contributed by atoms with Crippen LogP contribution in [0.5, 0.6) is 11.5 Å². The fraction of sp³-hybridized carbons (Fsp3) is 0.500. The zero-order chi connectivity index (χ0) is 29.0. The van der Waals surface area contributed by atoms with Gasteiger partial charge in [0.25, 0.3) is 5.91 Å². The van der Waals surface area contributed by atoms with Crippen LogP contribution in [0.4, 0.5) is 23.7 Å². The van der Waals surface area contributed by atoms with Crippen molar-refractivity contribution in [1.29, 1.82) is 0 Å². The van der Waals surface area contributed by atoms with E-state index >= 15 is 0 Å². The molecule has 4 N–H and O–H groups in total. The van der Waals surface area contributed by atoms with E-state index in [-0.39, 0.29) is 42.4 Å². The molecule has 0 unspecified atom stereocenters. The highest BCUT2D eigenvalue weighted by molar-refractivity contribution is 5.94. The monoisotopic (exact) mass is 551 g/mol. The molecule has 2 aromatic rings. The van der Waals surface area contributed by atoms with Crippen LogP contribution in [-0.4, -0.2) is 57.9 Å². The van der Waals surface area contributed by atoms with Crippen molar-refractivity contribution >= 4 is 17.6 Å². The lowest BCUT2D eigenvalue weighted by Crippen LogP contribution is -2.48. The molecule has 2 aromatic carbocycles. The molecule has 1 aliphatic rings. The summed E-state index contributed by atoms with van der Waals surface area (Å²) in [6, 6.07) is 8.15. The first kappa shape index (κ1) is 30.2. The maximum Gasteiger partial charge on any atom is 0.416 e. The molecule has 0 spiro atoms. The number of hydrogen-bond acceptors (Lipinski definition) is 5. The van der Waals surface area contributed by atoms with Gasteiger partial charge in [-0.3, -0.25) is 4.79 Å². The molecular weight excluding hydrogens is 515 g/mol. The van der Waals surface area contributed by atoms with E-state index in [1.165, 1.54) is 35.2 Å². The molecule has 11 heteroatoms. The van der Waals surface area contributed by atoms with Crippen molar-refractivity contribution in [1.82, 2.24) is 10.2 Å². The number of rotatable bonds is 8. The Balaban J connectivity index is 1.71. The number of ether oxygens (including phenoxy) is 1. The number of hydrogen-bond donors (Lipinski definition) is 4. The van der Waals surface area contributed by atoms with Crippen LogP contribution in [0.15, 0.2) is 42.5 Å². The minimum Gasteiger partial charge on any atom is -0.457 e. The predicted octanol–water partition coefficient (Wildman–Crippen LogP) is 5.40. The number of carbonyl (C=O) groups excluding carboxylic acids is 2. The Morgan fingerprint density at radius 1 is 1.05 bits per heavy atom. The first-order valence-electron chi connectivity index (χ1n) is 12.8. The SMILES string of the molecule is CC(C)CC1(O)CCN(C(=O)Nc2cc(Oc3ccc(C(=O)NCC(C)(C)O)cc3)cc(C(F)(F)F)c2)CC1. The summed E-state index contributed by atoms with van der Waals surface area (Å²) in [5, 5.41) is 25.6. The van der Waals surface area contributed by atoms with E-state index in [0.717, 1.165) is 12.1 Å². The normalized spacial score (nSPS) is 15.7. The number of anilines is 1. The summed E-state index contributed by atoms with van der Waals surface area (Å²) in [7, 11) is 0. The minimum absolute atomic E-state index is 0.0407. The number of aliphatic hydroxyl groups is 2. The van der Waals surface area contributed by atoms with Crippen molar-refractivity contribution in [3.8, 4) is 11.5 Å². The quantitative estimate of drug-likeness (QED) is 0.351. The topological polar surface area (TPSA) is 111 Å². The number of benzene rings is 2. The molecule has 3 rings (SSSR count). The summed E-state index contributed by atoms with van der Waals surface area (Å²) in [4.78, 5) is 26.5. The van der Waals surface area contributed by atoms with Crippen molar-refractivity contribution < 1.29 is 37.7 Å². The van der Waals surface area contributed by atoms with Crippen LogP contribution in [0.2, 0.25) is 0 Å². The Kier molecular flexibility index (Phi) is 9.17. The van der Waals surface area contributed by atoms with Gasteiger partial charge in [0.2, 0.25) is 0 Å². The van der Waals surface area contributed by atoms with Gasteiger partial charge in [0.05, 0.1) is 16.8 Å². The number of piperidine rings is 1. The highest BCUT2D eigenvalue weighted by Crippen LogP contribution is 2.36. The van der Waals surface area contributed by atoms with Crippen LogP contribution in [0.3, 0.4) is 0 Å². The summed E-state index contributed by atoms with van der Waals surface area (Å²) >= 11 is 0. The maximum atomic E-state index is 13.6. The Labute approximate surface area is 226 Å². The number of likely N-dealkylation sites (tertiary alicyclic amines) is 1. The van der Waals surface area contributed by atoms with E-state index in [1.807, 2.05) is 13.8 Å². The maximum absolute atomic E-state index is 13.6. The molecule has 1 aliphatic heterocycles. The van der Waals surface area contributed by atoms with Crippen molar-refractivity contribution in [2.45, 2.75) is 64.3 Å². The van der Waals surface area contributed by atoms with Crippen molar-refractivity contribution in [3.05, 3.63) is 53.6 Å². The van der Waals surface area contributed by atoms with Gasteiger partial charge in [-0.25, -0.2) is 4.79 Å². The number of nitrogens with zero attached hydrogens (tertiary/aromatic N) is 1. The van der Waals surface area contributed by atoms with Crippen LogP contribution in [0.1, 0.15) is 62.9 Å². The number of alkyl halides is 3. The molecule has 214 valence electrons. The molecule has 1 heterocycles. The molecule has 0 aliphatic carbocycles. The number of amides is 3. The third kappa shape index (κ3) is 9.14. The summed E-state index contributed by atoms with van der Waals surface area (Å²) < 4.78 is 46.4. The molecule has 0 aromatic heterocycles. The van der Waals surface area contributed by atoms with E-state index in [2.05, 4.69) is 10.6 Å². The number of nitrogens with one attached hydrogen (secondary N) is 2. The third-order valence-corrected chi connectivity index (χ3v) is 6.29. The molecule has 39 heavy (non-hydrogen) atoms. The lowest BCUT2D eigenvalue weighted by atomic mass is 9.84. The number of carbonyl (C=O) groups is 2. The van der Waals surface area contributed by atoms with Gasteiger partial charge in [-0.1, -0.05) is 13.8 Å². The first-order valence-corrected chi connectivity index (χ1v) is 12.8. The van der Waals surface area contributed by atoms with Crippen LogP contribution in [0, 0.1) is 5.92 Å². The average Bonchev–Trinajstić information content (AvgIpc) is 2.81. The molecule has 0 atom stereocenters. The second-order valence-electron chi connectivity index (χ2n) is 11.1. The summed E-state index contributed by atoms with van der Waals surface area (Å²) in [6.45, 7) is 7.73. The van der Waals surface area contributed by atoms with Gasteiger partial charge in [0.1, 0.15) is 11.5 Å². The molecule has 8 nitrogen and oxygen atoms in total. The van der Waals surface area contributed by atoms with E-state index in [9.17, 15) is 33.0 Å².